The summed E-state index contributed by atoms with van der Waals surface area (Å²) in [6.45, 7) is 5.07. The van der Waals surface area contributed by atoms with Crippen LogP contribution in [-0.4, -0.2) is 32.0 Å². The van der Waals surface area contributed by atoms with Crippen LogP contribution in [0, 0.1) is 5.92 Å². The average molecular weight is 412 g/mol. The van der Waals surface area contributed by atoms with Gasteiger partial charge in [-0.25, -0.2) is 0 Å². The van der Waals surface area contributed by atoms with E-state index in [4.69, 9.17) is 4.18 Å². The van der Waals surface area contributed by atoms with Crippen molar-refractivity contribution < 1.29 is 17.4 Å². The van der Waals surface area contributed by atoms with Crippen molar-refractivity contribution in [1.29, 1.82) is 0 Å². The lowest BCUT2D eigenvalue weighted by atomic mass is 10.0. The average Bonchev–Trinajstić information content (AvgIpc) is 2.65. The van der Waals surface area contributed by atoms with Crippen LogP contribution in [0.15, 0.2) is 66.7 Å². The number of amides is 1. The van der Waals surface area contributed by atoms with Crippen LogP contribution >= 0.6 is 0 Å². The molecule has 3 aromatic carbocycles. The van der Waals surface area contributed by atoms with E-state index < -0.39 is 10.1 Å². The number of rotatable bonds is 7. The highest BCUT2D eigenvalue weighted by molar-refractivity contribution is 7.86. The molecule has 3 aromatic rings. The number of fused-ring (bicyclic) bond motifs is 1. The first-order valence-corrected chi connectivity index (χ1v) is 11.3. The van der Waals surface area contributed by atoms with Crippen LogP contribution in [0.2, 0.25) is 0 Å². The number of nitrogens with zero attached hydrogens (tertiary/aromatic N) is 1. The smallest absolute Gasteiger partial charge is 0.306 e. The van der Waals surface area contributed by atoms with Gasteiger partial charge in [-0.3, -0.25) is 4.79 Å². The third kappa shape index (κ3) is 5.57. The second kappa shape index (κ2) is 8.66. The number of hydrogen-bond donors (Lipinski definition) is 0. The van der Waals surface area contributed by atoms with Crippen LogP contribution in [0.25, 0.3) is 10.8 Å². The summed E-state index contributed by atoms with van der Waals surface area (Å²) in [5, 5.41) is 1.94. The first-order chi connectivity index (χ1) is 13.7. The van der Waals surface area contributed by atoms with Crippen molar-refractivity contribution >= 4 is 26.8 Å². The van der Waals surface area contributed by atoms with Crippen molar-refractivity contribution in [3.05, 3.63) is 77.9 Å². The molecule has 0 aliphatic carbocycles. The molecule has 6 heteroatoms. The summed E-state index contributed by atoms with van der Waals surface area (Å²) in [6.07, 6.45) is 1.01. The van der Waals surface area contributed by atoms with Crippen LogP contribution in [0.1, 0.15) is 29.8 Å². The van der Waals surface area contributed by atoms with E-state index in [0.29, 0.717) is 18.7 Å². The quantitative estimate of drug-likeness (QED) is 0.538. The number of benzene rings is 3. The summed E-state index contributed by atoms with van der Waals surface area (Å²) in [5.41, 5.74) is 1.47. The van der Waals surface area contributed by atoms with E-state index in [9.17, 15) is 13.2 Å². The van der Waals surface area contributed by atoms with Crippen molar-refractivity contribution in [2.24, 2.45) is 5.92 Å². The Hall–Kier alpha value is -2.86. The molecule has 0 radical (unpaired) electrons. The molecule has 5 nitrogen and oxygen atoms in total. The number of carbonyl (C=O) groups excluding carboxylic acids is 1. The SMILES string of the molecule is CC(C)CN(Cc1cccc(OS(C)(=O)=O)c1)C(=O)c1cccc2ccccc12. The molecule has 0 heterocycles. The van der Waals surface area contributed by atoms with Gasteiger partial charge in [-0.1, -0.05) is 62.4 Å². The number of carbonyl (C=O) groups is 1. The normalized spacial score (nSPS) is 11.6. The minimum absolute atomic E-state index is 0.0510. The van der Waals surface area contributed by atoms with Gasteiger partial charge in [0.2, 0.25) is 0 Å². The van der Waals surface area contributed by atoms with Gasteiger partial charge in [0.15, 0.2) is 0 Å². The predicted molar refractivity (Wildman–Crippen MR) is 115 cm³/mol. The second-order valence-corrected chi connectivity index (χ2v) is 9.12. The molecule has 0 aliphatic rings. The summed E-state index contributed by atoms with van der Waals surface area (Å²) in [7, 11) is -3.61. The molecule has 0 bridgehead atoms. The molecule has 0 spiro atoms. The van der Waals surface area contributed by atoms with Crippen molar-refractivity contribution in [2.75, 3.05) is 12.8 Å². The molecule has 152 valence electrons. The van der Waals surface area contributed by atoms with Gasteiger partial charge in [0.25, 0.3) is 5.91 Å². The molecule has 0 atom stereocenters. The van der Waals surface area contributed by atoms with Crippen molar-refractivity contribution in [2.45, 2.75) is 20.4 Å². The summed E-state index contributed by atoms with van der Waals surface area (Å²) < 4.78 is 27.8. The van der Waals surface area contributed by atoms with Gasteiger partial charge in [-0.2, -0.15) is 8.42 Å². The highest BCUT2D eigenvalue weighted by atomic mass is 32.2. The predicted octanol–water partition coefficient (Wildman–Crippen LogP) is 4.48. The van der Waals surface area contributed by atoms with Gasteiger partial charge in [0.05, 0.1) is 6.26 Å². The maximum Gasteiger partial charge on any atom is 0.306 e. The molecule has 0 saturated heterocycles. The van der Waals surface area contributed by atoms with Crippen molar-refractivity contribution in [3.8, 4) is 5.75 Å². The molecule has 1 amide bonds. The van der Waals surface area contributed by atoms with E-state index in [1.807, 2.05) is 48.5 Å². The lowest BCUT2D eigenvalue weighted by Gasteiger charge is -2.25. The minimum atomic E-state index is -3.61. The van der Waals surface area contributed by atoms with Gasteiger partial charge in [-0.15, -0.1) is 0 Å². The highest BCUT2D eigenvalue weighted by Gasteiger charge is 2.19. The van der Waals surface area contributed by atoms with Crippen LogP contribution in [-0.2, 0) is 16.7 Å². The zero-order valence-corrected chi connectivity index (χ0v) is 17.6. The zero-order chi connectivity index (χ0) is 21.0. The highest BCUT2D eigenvalue weighted by Crippen LogP contribution is 2.23. The Labute approximate surface area is 172 Å². The Morgan fingerprint density at radius 2 is 1.69 bits per heavy atom. The number of hydrogen-bond acceptors (Lipinski definition) is 4. The Kier molecular flexibility index (Phi) is 6.23. The van der Waals surface area contributed by atoms with E-state index >= 15 is 0 Å². The lowest BCUT2D eigenvalue weighted by Crippen LogP contribution is -2.33. The van der Waals surface area contributed by atoms with Gasteiger partial charge >= 0.3 is 10.1 Å². The molecule has 29 heavy (non-hydrogen) atoms. The molecule has 0 aromatic heterocycles. The molecule has 3 rings (SSSR count). The maximum absolute atomic E-state index is 13.4. The largest absolute Gasteiger partial charge is 0.383 e. The fraction of sp³-hybridized carbons (Fsp3) is 0.261. The molecular weight excluding hydrogens is 386 g/mol. The topological polar surface area (TPSA) is 63.7 Å². The van der Waals surface area contributed by atoms with Gasteiger partial charge < -0.3 is 9.08 Å². The Morgan fingerprint density at radius 1 is 1.00 bits per heavy atom. The fourth-order valence-electron chi connectivity index (χ4n) is 3.33. The van der Waals surface area contributed by atoms with E-state index in [2.05, 4.69) is 13.8 Å². The van der Waals surface area contributed by atoms with E-state index in [0.717, 1.165) is 22.6 Å². The summed E-state index contributed by atoms with van der Waals surface area (Å²) in [6, 6.07) is 20.4. The third-order valence-corrected chi connectivity index (χ3v) is 4.91. The minimum Gasteiger partial charge on any atom is -0.383 e. The Bertz CT molecular complexity index is 1120. The summed E-state index contributed by atoms with van der Waals surface area (Å²) in [5.74, 6) is 0.474. The fourth-order valence-corrected chi connectivity index (χ4v) is 3.79. The van der Waals surface area contributed by atoms with Gasteiger partial charge in [0, 0.05) is 18.7 Å². The summed E-state index contributed by atoms with van der Waals surface area (Å²) in [4.78, 5) is 15.2. The maximum atomic E-state index is 13.4. The Morgan fingerprint density at radius 3 is 2.41 bits per heavy atom. The standard InChI is InChI=1S/C23H25NO4S/c1-17(2)15-24(16-18-8-6-11-20(14-18)28-29(3,26)27)23(25)22-13-7-10-19-9-4-5-12-21(19)22/h4-14,17H,15-16H2,1-3H3. The molecular formula is C23H25NO4S. The van der Waals surface area contributed by atoms with Crippen LogP contribution in [0.3, 0.4) is 0 Å². The van der Waals surface area contributed by atoms with Gasteiger partial charge in [0.1, 0.15) is 5.75 Å². The zero-order valence-electron chi connectivity index (χ0n) is 16.8. The summed E-state index contributed by atoms with van der Waals surface area (Å²) >= 11 is 0. The molecule has 0 N–H and O–H groups in total. The van der Waals surface area contributed by atoms with Crippen molar-refractivity contribution in [3.63, 3.8) is 0 Å². The van der Waals surface area contributed by atoms with E-state index in [1.165, 1.54) is 0 Å². The molecule has 0 unspecified atom stereocenters. The first kappa shape index (κ1) is 20.9. The van der Waals surface area contributed by atoms with E-state index in [1.54, 1.807) is 23.1 Å². The molecule has 0 aliphatic heterocycles. The van der Waals surface area contributed by atoms with Crippen LogP contribution in [0.5, 0.6) is 5.75 Å². The van der Waals surface area contributed by atoms with Gasteiger partial charge in [-0.05, 0) is 40.5 Å². The first-order valence-electron chi connectivity index (χ1n) is 9.48. The monoisotopic (exact) mass is 411 g/mol. The lowest BCUT2D eigenvalue weighted by molar-refractivity contribution is 0.0724. The van der Waals surface area contributed by atoms with Crippen LogP contribution < -0.4 is 4.18 Å². The second-order valence-electron chi connectivity index (χ2n) is 7.54. The van der Waals surface area contributed by atoms with Crippen molar-refractivity contribution in [1.82, 2.24) is 4.90 Å². The molecule has 0 saturated carbocycles. The van der Waals surface area contributed by atoms with Crippen LogP contribution in [0.4, 0.5) is 0 Å². The Balaban J connectivity index is 1.92. The molecule has 0 fully saturated rings. The third-order valence-electron chi connectivity index (χ3n) is 4.41. The van der Waals surface area contributed by atoms with E-state index in [-0.39, 0.29) is 17.6 Å².